The normalized spacial score (nSPS) is 10.8. The monoisotopic (exact) mass is 276 g/mol. The lowest BCUT2D eigenvalue weighted by molar-refractivity contribution is 0.103. The predicted molar refractivity (Wildman–Crippen MR) is 75.4 cm³/mol. The second-order valence-electron chi connectivity index (χ2n) is 4.73. The van der Waals surface area contributed by atoms with Crippen molar-refractivity contribution in [3.05, 3.63) is 70.0 Å². The van der Waals surface area contributed by atoms with Crippen LogP contribution in [0.5, 0.6) is 0 Å². The zero-order valence-electron chi connectivity index (χ0n) is 10.8. The van der Waals surface area contributed by atoms with Crippen LogP contribution in [0.3, 0.4) is 0 Å². The van der Waals surface area contributed by atoms with Crippen molar-refractivity contribution >= 4 is 17.4 Å². The van der Waals surface area contributed by atoms with E-state index >= 15 is 0 Å². The van der Waals surface area contributed by atoms with E-state index in [1.165, 1.54) is 17.7 Å². The van der Waals surface area contributed by atoms with Crippen LogP contribution in [0.4, 0.5) is 4.39 Å². The Morgan fingerprint density at radius 2 is 1.74 bits per heavy atom. The van der Waals surface area contributed by atoms with Crippen LogP contribution in [0, 0.1) is 5.82 Å². The molecule has 0 saturated carbocycles. The Labute approximate surface area is 117 Å². The first-order valence-electron chi connectivity index (χ1n) is 6.08. The van der Waals surface area contributed by atoms with E-state index in [0.717, 1.165) is 6.07 Å². The number of carbonyl (C=O) groups excluding carboxylic acids is 1. The van der Waals surface area contributed by atoms with Crippen LogP contribution < -0.4 is 0 Å². The second-order valence-corrected chi connectivity index (χ2v) is 5.14. The summed E-state index contributed by atoms with van der Waals surface area (Å²) >= 11 is 5.90. The summed E-state index contributed by atoms with van der Waals surface area (Å²) in [5.41, 5.74) is 2.04. The quantitative estimate of drug-likeness (QED) is 0.734. The SMILES string of the molecule is CC(C)c1ccc(C(=O)c2ccc(F)cc2Cl)cc1. The Morgan fingerprint density at radius 3 is 2.26 bits per heavy atom. The molecule has 0 unspecified atom stereocenters. The van der Waals surface area contributed by atoms with Gasteiger partial charge in [-0.15, -0.1) is 0 Å². The van der Waals surface area contributed by atoms with E-state index < -0.39 is 5.82 Å². The number of ketones is 1. The third kappa shape index (κ3) is 3.02. The first kappa shape index (κ1) is 13.8. The molecule has 0 aliphatic heterocycles. The Hall–Kier alpha value is -1.67. The Kier molecular flexibility index (Phi) is 4.01. The molecule has 0 radical (unpaired) electrons. The zero-order valence-corrected chi connectivity index (χ0v) is 11.5. The van der Waals surface area contributed by atoms with Gasteiger partial charge in [-0.05, 0) is 29.7 Å². The summed E-state index contributed by atoms with van der Waals surface area (Å²) in [6.07, 6.45) is 0. The Bertz CT molecular complexity index is 603. The molecule has 0 aromatic heterocycles. The van der Waals surface area contributed by atoms with Gasteiger partial charge in [0.25, 0.3) is 0 Å². The van der Waals surface area contributed by atoms with E-state index in [0.29, 0.717) is 17.0 Å². The number of rotatable bonds is 3. The maximum atomic E-state index is 13.0. The van der Waals surface area contributed by atoms with Crippen molar-refractivity contribution in [2.45, 2.75) is 19.8 Å². The maximum Gasteiger partial charge on any atom is 0.194 e. The average molecular weight is 277 g/mol. The van der Waals surface area contributed by atoms with Gasteiger partial charge in [0.05, 0.1) is 5.02 Å². The molecule has 19 heavy (non-hydrogen) atoms. The van der Waals surface area contributed by atoms with Gasteiger partial charge in [-0.2, -0.15) is 0 Å². The fourth-order valence-electron chi connectivity index (χ4n) is 1.85. The number of halogens is 2. The highest BCUT2D eigenvalue weighted by molar-refractivity contribution is 6.35. The van der Waals surface area contributed by atoms with Crippen molar-refractivity contribution in [1.29, 1.82) is 0 Å². The van der Waals surface area contributed by atoms with Gasteiger partial charge in [0.15, 0.2) is 5.78 Å². The van der Waals surface area contributed by atoms with Crippen molar-refractivity contribution in [2.24, 2.45) is 0 Å². The minimum Gasteiger partial charge on any atom is -0.289 e. The lowest BCUT2D eigenvalue weighted by Crippen LogP contribution is -2.03. The largest absolute Gasteiger partial charge is 0.289 e. The van der Waals surface area contributed by atoms with E-state index in [9.17, 15) is 9.18 Å². The highest BCUT2D eigenvalue weighted by Gasteiger charge is 2.13. The third-order valence-corrected chi connectivity index (χ3v) is 3.33. The summed E-state index contributed by atoms with van der Waals surface area (Å²) in [5, 5.41) is 0.137. The third-order valence-electron chi connectivity index (χ3n) is 3.02. The van der Waals surface area contributed by atoms with Crippen LogP contribution in [-0.2, 0) is 0 Å². The summed E-state index contributed by atoms with van der Waals surface area (Å²) < 4.78 is 13.0. The molecule has 1 nitrogen and oxygen atoms in total. The molecule has 0 spiro atoms. The highest BCUT2D eigenvalue weighted by atomic mass is 35.5. The molecule has 0 N–H and O–H groups in total. The van der Waals surface area contributed by atoms with Crippen molar-refractivity contribution in [3.63, 3.8) is 0 Å². The van der Waals surface area contributed by atoms with Gasteiger partial charge in [-0.1, -0.05) is 49.7 Å². The Balaban J connectivity index is 2.33. The molecule has 0 heterocycles. The molecule has 2 aromatic rings. The molecular weight excluding hydrogens is 263 g/mol. The van der Waals surface area contributed by atoms with Crippen LogP contribution in [0.1, 0.15) is 41.3 Å². The molecular formula is C16H14ClFO. The topological polar surface area (TPSA) is 17.1 Å². The van der Waals surface area contributed by atoms with E-state index in [1.54, 1.807) is 12.1 Å². The summed E-state index contributed by atoms with van der Waals surface area (Å²) in [6.45, 7) is 4.18. The molecule has 0 aliphatic rings. The van der Waals surface area contributed by atoms with Crippen molar-refractivity contribution in [1.82, 2.24) is 0 Å². The zero-order chi connectivity index (χ0) is 14.0. The summed E-state index contributed by atoms with van der Waals surface area (Å²) in [4.78, 5) is 12.3. The molecule has 2 rings (SSSR count). The van der Waals surface area contributed by atoms with Crippen LogP contribution >= 0.6 is 11.6 Å². The fraction of sp³-hybridized carbons (Fsp3) is 0.188. The maximum absolute atomic E-state index is 13.0. The predicted octanol–water partition coefficient (Wildman–Crippen LogP) is 4.83. The number of benzene rings is 2. The van der Waals surface area contributed by atoms with E-state index in [-0.39, 0.29) is 10.8 Å². The molecule has 0 atom stereocenters. The lowest BCUT2D eigenvalue weighted by atomic mass is 9.98. The standard InChI is InChI=1S/C16H14ClFO/c1-10(2)11-3-5-12(6-4-11)16(19)14-8-7-13(18)9-15(14)17/h3-10H,1-2H3. The number of hydrogen-bond donors (Lipinski definition) is 0. The van der Waals surface area contributed by atoms with Crippen LogP contribution in [-0.4, -0.2) is 5.78 Å². The van der Waals surface area contributed by atoms with Crippen LogP contribution in [0.15, 0.2) is 42.5 Å². The average Bonchev–Trinajstić information content (AvgIpc) is 2.38. The molecule has 2 aromatic carbocycles. The highest BCUT2D eigenvalue weighted by Crippen LogP contribution is 2.22. The van der Waals surface area contributed by atoms with Crippen LogP contribution in [0.2, 0.25) is 5.02 Å². The Morgan fingerprint density at radius 1 is 1.11 bits per heavy atom. The first-order valence-corrected chi connectivity index (χ1v) is 6.46. The fourth-order valence-corrected chi connectivity index (χ4v) is 2.10. The molecule has 0 bridgehead atoms. The van der Waals surface area contributed by atoms with Gasteiger partial charge in [-0.3, -0.25) is 4.79 Å². The van der Waals surface area contributed by atoms with Gasteiger partial charge in [0, 0.05) is 11.1 Å². The van der Waals surface area contributed by atoms with Gasteiger partial charge < -0.3 is 0 Å². The second kappa shape index (κ2) is 5.54. The molecule has 98 valence electrons. The van der Waals surface area contributed by atoms with E-state index in [4.69, 9.17) is 11.6 Å². The molecule has 0 aliphatic carbocycles. The number of carbonyl (C=O) groups is 1. The van der Waals surface area contributed by atoms with Gasteiger partial charge in [0.1, 0.15) is 5.82 Å². The molecule has 0 fully saturated rings. The molecule has 0 amide bonds. The summed E-state index contributed by atoms with van der Waals surface area (Å²) in [7, 11) is 0. The smallest absolute Gasteiger partial charge is 0.194 e. The minimum atomic E-state index is -0.447. The van der Waals surface area contributed by atoms with Gasteiger partial charge in [0.2, 0.25) is 0 Å². The summed E-state index contributed by atoms with van der Waals surface area (Å²) in [6, 6.07) is 11.2. The van der Waals surface area contributed by atoms with Crippen LogP contribution in [0.25, 0.3) is 0 Å². The van der Waals surface area contributed by atoms with Gasteiger partial charge >= 0.3 is 0 Å². The van der Waals surface area contributed by atoms with Gasteiger partial charge in [-0.25, -0.2) is 4.39 Å². The number of hydrogen-bond acceptors (Lipinski definition) is 1. The first-order chi connectivity index (χ1) is 8.99. The molecule has 3 heteroatoms. The van der Waals surface area contributed by atoms with Crippen molar-refractivity contribution < 1.29 is 9.18 Å². The summed E-state index contributed by atoms with van der Waals surface area (Å²) in [5.74, 6) is -0.226. The van der Waals surface area contributed by atoms with Crippen molar-refractivity contribution in [2.75, 3.05) is 0 Å². The lowest BCUT2D eigenvalue weighted by Gasteiger charge is -2.07. The van der Waals surface area contributed by atoms with E-state index in [2.05, 4.69) is 13.8 Å². The van der Waals surface area contributed by atoms with E-state index in [1.807, 2.05) is 12.1 Å². The molecule has 0 saturated heterocycles. The van der Waals surface area contributed by atoms with Crippen molar-refractivity contribution in [3.8, 4) is 0 Å². The minimum absolute atomic E-state index is 0.137.